The molecule has 8 heteroatoms. The van der Waals surface area contributed by atoms with E-state index in [1.807, 2.05) is 18.2 Å². The number of ketones is 1. The van der Waals surface area contributed by atoms with Crippen LogP contribution in [-0.2, 0) is 22.5 Å². The Morgan fingerprint density at radius 3 is 2.43 bits per heavy atom. The van der Waals surface area contributed by atoms with E-state index in [1.165, 1.54) is 5.56 Å². The van der Waals surface area contributed by atoms with E-state index in [-0.39, 0.29) is 11.9 Å². The van der Waals surface area contributed by atoms with Crippen LogP contribution in [0.1, 0.15) is 37.3 Å². The fraction of sp³-hybridized carbons (Fsp3) is 0.483. The Morgan fingerprint density at radius 1 is 1.08 bits per heavy atom. The van der Waals surface area contributed by atoms with Crippen LogP contribution in [0.4, 0.5) is 5.69 Å². The highest BCUT2D eigenvalue weighted by Crippen LogP contribution is 2.29. The minimum Gasteiger partial charge on any atom is -0.493 e. The van der Waals surface area contributed by atoms with Crippen LogP contribution in [0.3, 0.4) is 0 Å². The fourth-order valence-corrected chi connectivity index (χ4v) is 4.33. The second-order valence-electron chi connectivity index (χ2n) is 9.20. The standard InChI is InChI=1S/C29H36N4O4/c1-23(34)5-6-24-9-12-28(29(19-24)35-2)37-22-27-21-32(17-18-36-27)20-25-7-10-26(11-8-25)33(15-3-13-30)16-4-14-31/h7-12,19,27H,3-6,15-18,20-22H2,1-2H3. The van der Waals surface area contributed by atoms with Crippen LogP contribution in [0.2, 0.25) is 0 Å². The number of ether oxygens (including phenoxy) is 3. The Morgan fingerprint density at radius 2 is 1.78 bits per heavy atom. The fourth-order valence-electron chi connectivity index (χ4n) is 4.33. The third kappa shape index (κ3) is 9.09. The third-order valence-electron chi connectivity index (χ3n) is 6.34. The van der Waals surface area contributed by atoms with Gasteiger partial charge in [0.1, 0.15) is 18.5 Å². The number of nitrogens with zero attached hydrogens (tertiary/aromatic N) is 4. The average molecular weight is 505 g/mol. The number of nitriles is 2. The second-order valence-corrected chi connectivity index (χ2v) is 9.20. The highest BCUT2D eigenvalue weighted by Gasteiger charge is 2.22. The van der Waals surface area contributed by atoms with Gasteiger partial charge in [0.2, 0.25) is 0 Å². The molecule has 196 valence electrons. The molecule has 1 aliphatic heterocycles. The molecule has 0 saturated carbocycles. The van der Waals surface area contributed by atoms with Crippen molar-refractivity contribution < 1.29 is 19.0 Å². The number of Topliss-reactive ketones (excluding diaryl/α,β-unsaturated/α-hetero) is 1. The first-order chi connectivity index (χ1) is 18.0. The summed E-state index contributed by atoms with van der Waals surface area (Å²) in [4.78, 5) is 15.7. The lowest BCUT2D eigenvalue weighted by molar-refractivity contribution is -0.116. The molecule has 0 amide bonds. The molecular weight excluding hydrogens is 468 g/mol. The van der Waals surface area contributed by atoms with Gasteiger partial charge < -0.3 is 23.9 Å². The first-order valence-corrected chi connectivity index (χ1v) is 12.7. The highest BCUT2D eigenvalue weighted by molar-refractivity contribution is 5.75. The molecule has 1 aliphatic rings. The van der Waals surface area contributed by atoms with Crippen LogP contribution in [0.15, 0.2) is 42.5 Å². The predicted molar refractivity (Wildman–Crippen MR) is 142 cm³/mol. The number of hydrogen-bond donors (Lipinski definition) is 0. The normalized spacial score (nSPS) is 15.4. The van der Waals surface area contributed by atoms with Gasteiger partial charge in [-0.05, 0) is 48.7 Å². The number of anilines is 1. The van der Waals surface area contributed by atoms with Crippen LogP contribution in [0.25, 0.3) is 0 Å². The van der Waals surface area contributed by atoms with Gasteiger partial charge in [0.25, 0.3) is 0 Å². The Bertz CT molecular complexity index is 1070. The number of hydrogen-bond acceptors (Lipinski definition) is 8. The third-order valence-corrected chi connectivity index (χ3v) is 6.34. The zero-order valence-corrected chi connectivity index (χ0v) is 21.8. The average Bonchev–Trinajstić information content (AvgIpc) is 2.92. The molecule has 1 fully saturated rings. The molecule has 2 aromatic carbocycles. The second kappa shape index (κ2) is 14.8. The molecular formula is C29H36N4O4. The Balaban J connectivity index is 1.52. The van der Waals surface area contributed by atoms with Crippen LogP contribution in [-0.4, -0.2) is 63.3 Å². The summed E-state index contributed by atoms with van der Waals surface area (Å²) < 4.78 is 17.5. The van der Waals surface area contributed by atoms with Crippen molar-refractivity contribution in [3.8, 4) is 23.6 Å². The van der Waals surface area contributed by atoms with Crippen molar-refractivity contribution in [2.45, 2.75) is 45.3 Å². The van der Waals surface area contributed by atoms with Crippen molar-refractivity contribution in [3.05, 3.63) is 53.6 Å². The van der Waals surface area contributed by atoms with Gasteiger partial charge in [0.05, 0.1) is 38.7 Å². The first kappa shape index (κ1) is 28.0. The lowest BCUT2D eigenvalue weighted by Crippen LogP contribution is -2.44. The number of morpholine rings is 1. The van der Waals surface area contributed by atoms with Crippen LogP contribution in [0, 0.1) is 22.7 Å². The smallest absolute Gasteiger partial charge is 0.161 e. The van der Waals surface area contributed by atoms with E-state index in [4.69, 9.17) is 24.7 Å². The quantitative estimate of drug-likeness (QED) is 0.379. The van der Waals surface area contributed by atoms with Gasteiger partial charge in [0, 0.05) is 44.8 Å². The summed E-state index contributed by atoms with van der Waals surface area (Å²) in [6, 6.07) is 18.5. The number of aryl methyl sites for hydroxylation is 1. The predicted octanol–water partition coefficient (Wildman–Crippen LogP) is 4.13. The van der Waals surface area contributed by atoms with Crippen molar-refractivity contribution in [2.24, 2.45) is 0 Å². The minimum atomic E-state index is -0.0532. The van der Waals surface area contributed by atoms with E-state index < -0.39 is 0 Å². The molecule has 0 N–H and O–H groups in total. The summed E-state index contributed by atoms with van der Waals surface area (Å²) in [5.41, 5.74) is 3.28. The molecule has 8 nitrogen and oxygen atoms in total. The molecule has 2 aromatic rings. The minimum absolute atomic E-state index is 0.0532. The number of benzene rings is 2. The van der Waals surface area contributed by atoms with Gasteiger partial charge in [-0.15, -0.1) is 0 Å². The van der Waals surface area contributed by atoms with E-state index >= 15 is 0 Å². The topological polar surface area (TPSA) is 98.8 Å². The van der Waals surface area contributed by atoms with Crippen LogP contribution >= 0.6 is 0 Å². The van der Waals surface area contributed by atoms with E-state index in [0.29, 0.717) is 63.5 Å². The van der Waals surface area contributed by atoms with Crippen molar-refractivity contribution >= 4 is 11.5 Å². The Labute approximate surface area is 219 Å². The maximum atomic E-state index is 11.3. The molecule has 0 bridgehead atoms. The van der Waals surface area contributed by atoms with Gasteiger partial charge in [-0.25, -0.2) is 0 Å². The molecule has 3 rings (SSSR count). The number of carbonyl (C=O) groups is 1. The van der Waals surface area contributed by atoms with Crippen LogP contribution < -0.4 is 14.4 Å². The maximum Gasteiger partial charge on any atom is 0.161 e. The van der Waals surface area contributed by atoms with Crippen molar-refractivity contribution in [3.63, 3.8) is 0 Å². The van der Waals surface area contributed by atoms with Gasteiger partial charge in [-0.1, -0.05) is 18.2 Å². The summed E-state index contributed by atoms with van der Waals surface area (Å²) >= 11 is 0. The lowest BCUT2D eigenvalue weighted by Gasteiger charge is -2.33. The van der Waals surface area contributed by atoms with E-state index in [9.17, 15) is 4.79 Å². The van der Waals surface area contributed by atoms with Crippen molar-refractivity contribution in [2.75, 3.05) is 51.4 Å². The number of carbonyl (C=O) groups excluding carboxylic acids is 1. The summed E-state index contributed by atoms with van der Waals surface area (Å²) in [6.45, 7) is 6.32. The highest BCUT2D eigenvalue weighted by atomic mass is 16.5. The monoisotopic (exact) mass is 504 g/mol. The molecule has 0 spiro atoms. The van der Waals surface area contributed by atoms with Gasteiger partial charge in [-0.2, -0.15) is 10.5 Å². The Hall–Kier alpha value is -3.59. The molecule has 1 heterocycles. The lowest BCUT2D eigenvalue weighted by atomic mass is 10.1. The zero-order valence-electron chi connectivity index (χ0n) is 21.8. The van der Waals surface area contributed by atoms with E-state index in [2.05, 4.69) is 46.2 Å². The first-order valence-electron chi connectivity index (χ1n) is 12.7. The summed E-state index contributed by atoms with van der Waals surface area (Å²) in [5, 5.41) is 17.9. The zero-order chi connectivity index (χ0) is 26.5. The van der Waals surface area contributed by atoms with Crippen molar-refractivity contribution in [1.82, 2.24) is 4.90 Å². The summed E-state index contributed by atoms with van der Waals surface area (Å²) in [6.07, 6.45) is 2.01. The summed E-state index contributed by atoms with van der Waals surface area (Å²) in [7, 11) is 1.62. The molecule has 0 aromatic heterocycles. The van der Waals surface area contributed by atoms with E-state index in [0.717, 1.165) is 30.9 Å². The number of rotatable bonds is 14. The molecule has 1 atom stereocenters. The van der Waals surface area contributed by atoms with E-state index in [1.54, 1.807) is 14.0 Å². The SMILES string of the molecule is COc1cc(CCC(C)=O)ccc1OCC1CN(Cc2ccc(N(CCC#N)CCC#N)cc2)CCO1. The van der Waals surface area contributed by atoms with Gasteiger partial charge in [-0.3, -0.25) is 4.90 Å². The van der Waals surface area contributed by atoms with Gasteiger partial charge in [0.15, 0.2) is 11.5 Å². The molecule has 1 unspecified atom stereocenters. The molecule has 37 heavy (non-hydrogen) atoms. The summed E-state index contributed by atoms with van der Waals surface area (Å²) in [5.74, 6) is 1.50. The van der Waals surface area contributed by atoms with Gasteiger partial charge >= 0.3 is 0 Å². The van der Waals surface area contributed by atoms with Crippen LogP contribution in [0.5, 0.6) is 11.5 Å². The molecule has 0 radical (unpaired) electrons. The molecule has 0 aliphatic carbocycles. The molecule has 1 saturated heterocycles. The largest absolute Gasteiger partial charge is 0.493 e. The van der Waals surface area contributed by atoms with Crippen molar-refractivity contribution in [1.29, 1.82) is 10.5 Å². The number of methoxy groups -OCH3 is 1. The maximum absolute atomic E-state index is 11.3. The Kier molecular flexibility index (Phi) is 11.2.